The Hall–Kier alpha value is -1.89. The lowest BCUT2D eigenvalue weighted by atomic mass is 10.0. The summed E-state index contributed by atoms with van der Waals surface area (Å²) in [7, 11) is 1.28. The molecular weight excluding hydrogens is 304 g/mol. The summed E-state index contributed by atoms with van der Waals surface area (Å²) < 4.78 is 4.67. The first-order valence-electron chi connectivity index (χ1n) is 7.05. The topological polar surface area (TPSA) is 84.5 Å². The van der Waals surface area contributed by atoms with E-state index in [2.05, 4.69) is 15.4 Å². The number of carbonyl (C=O) groups is 3. The Balaban J connectivity index is 2.49. The van der Waals surface area contributed by atoms with Crippen molar-refractivity contribution in [3.05, 3.63) is 21.9 Å². The van der Waals surface area contributed by atoms with Gasteiger partial charge in [0.05, 0.1) is 18.5 Å². The maximum Gasteiger partial charge on any atom is 0.328 e. The van der Waals surface area contributed by atoms with Crippen molar-refractivity contribution in [2.75, 3.05) is 13.7 Å². The van der Waals surface area contributed by atoms with Crippen LogP contribution in [0, 0.1) is 12.8 Å². The van der Waals surface area contributed by atoms with Gasteiger partial charge >= 0.3 is 5.97 Å². The highest BCUT2D eigenvalue weighted by atomic mass is 32.1. The first-order valence-corrected chi connectivity index (χ1v) is 7.87. The van der Waals surface area contributed by atoms with E-state index < -0.39 is 17.9 Å². The predicted molar refractivity (Wildman–Crippen MR) is 84.8 cm³/mol. The minimum Gasteiger partial charge on any atom is -0.467 e. The van der Waals surface area contributed by atoms with Crippen LogP contribution in [0.2, 0.25) is 0 Å². The van der Waals surface area contributed by atoms with Crippen molar-refractivity contribution in [1.82, 2.24) is 10.6 Å². The zero-order valence-electron chi connectivity index (χ0n) is 13.3. The first kappa shape index (κ1) is 18.2. The molecule has 0 aliphatic carbocycles. The maximum atomic E-state index is 11.9. The molecule has 0 aliphatic rings. The number of nitrogens with one attached hydrogen (secondary N) is 2. The largest absolute Gasteiger partial charge is 0.467 e. The van der Waals surface area contributed by atoms with Crippen LogP contribution in [0.1, 0.15) is 34.8 Å². The fourth-order valence-corrected chi connectivity index (χ4v) is 2.66. The number of hydrogen-bond acceptors (Lipinski definition) is 5. The molecule has 1 rings (SSSR count). The van der Waals surface area contributed by atoms with Crippen LogP contribution in [0.4, 0.5) is 0 Å². The van der Waals surface area contributed by atoms with Gasteiger partial charge in [-0.2, -0.15) is 0 Å². The molecule has 0 spiro atoms. The summed E-state index contributed by atoms with van der Waals surface area (Å²) in [4.78, 5) is 36.9. The van der Waals surface area contributed by atoms with Gasteiger partial charge in [-0.1, -0.05) is 13.8 Å². The normalized spacial score (nSPS) is 11.9. The highest BCUT2D eigenvalue weighted by molar-refractivity contribution is 7.13. The Morgan fingerprint density at radius 1 is 1.27 bits per heavy atom. The molecule has 7 heteroatoms. The molecule has 1 aromatic heterocycles. The summed E-state index contributed by atoms with van der Waals surface area (Å²) in [5.74, 6) is -0.972. The monoisotopic (exact) mass is 326 g/mol. The minimum atomic E-state index is -0.696. The molecule has 2 amide bonds. The van der Waals surface area contributed by atoms with E-state index in [1.165, 1.54) is 18.4 Å². The van der Waals surface area contributed by atoms with Crippen molar-refractivity contribution >= 4 is 29.1 Å². The van der Waals surface area contributed by atoms with Crippen molar-refractivity contribution in [3.63, 3.8) is 0 Å². The molecule has 0 aliphatic heterocycles. The van der Waals surface area contributed by atoms with E-state index in [-0.39, 0.29) is 18.4 Å². The van der Waals surface area contributed by atoms with Crippen LogP contribution < -0.4 is 10.6 Å². The summed E-state index contributed by atoms with van der Waals surface area (Å²) in [5.41, 5.74) is 0. The van der Waals surface area contributed by atoms with Gasteiger partial charge in [0.1, 0.15) is 6.04 Å². The fraction of sp³-hybridized carbons (Fsp3) is 0.533. The summed E-state index contributed by atoms with van der Waals surface area (Å²) in [6.45, 7) is 5.62. The van der Waals surface area contributed by atoms with E-state index in [0.717, 1.165) is 4.88 Å². The van der Waals surface area contributed by atoms with Crippen LogP contribution in [0.5, 0.6) is 0 Å². The molecule has 2 N–H and O–H groups in total. The Morgan fingerprint density at radius 2 is 1.95 bits per heavy atom. The molecule has 0 bridgehead atoms. The summed E-state index contributed by atoms with van der Waals surface area (Å²) in [6, 6.07) is 2.86. The second-order valence-electron chi connectivity index (χ2n) is 5.37. The van der Waals surface area contributed by atoms with Crippen molar-refractivity contribution in [2.24, 2.45) is 5.92 Å². The number of hydrogen-bond donors (Lipinski definition) is 2. The average Bonchev–Trinajstić information content (AvgIpc) is 2.89. The van der Waals surface area contributed by atoms with Crippen LogP contribution in [0.15, 0.2) is 12.1 Å². The Labute approximate surface area is 134 Å². The third-order valence-electron chi connectivity index (χ3n) is 2.90. The highest BCUT2D eigenvalue weighted by Gasteiger charge is 2.22. The van der Waals surface area contributed by atoms with Gasteiger partial charge in [-0.25, -0.2) is 4.79 Å². The van der Waals surface area contributed by atoms with Gasteiger partial charge in [0, 0.05) is 4.88 Å². The fourth-order valence-electron chi connectivity index (χ4n) is 1.88. The average molecular weight is 326 g/mol. The van der Waals surface area contributed by atoms with Gasteiger partial charge in [0.25, 0.3) is 5.91 Å². The zero-order valence-corrected chi connectivity index (χ0v) is 14.1. The number of esters is 1. The molecule has 1 aromatic rings. The Morgan fingerprint density at radius 3 is 2.45 bits per heavy atom. The van der Waals surface area contributed by atoms with E-state index in [1.807, 2.05) is 26.8 Å². The Kier molecular flexibility index (Phi) is 7.04. The lowest BCUT2D eigenvalue weighted by Crippen LogP contribution is -2.46. The molecule has 1 heterocycles. The smallest absolute Gasteiger partial charge is 0.328 e. The number of methoxy groups -OCH3 is 1. The molecule has 22 heavy (non-hydrogen) atoms. The lowest BCUT2D eigenvalue weighted by Gasteiger charge is -2.18. The predicted octanol–water partition coefficient (Wildman–Crippen LogP) is 1.49. The molecule has 122 valence electrons. The molecule has 0 fully saturated rings. The summed E-state index contributed by atoms with van der Waals surface area (Å²) >= 11 is 1.36. The van der Waals surface area contributed by atoms with Gasteiger partial charge in [-0.15, -0.1) is 11.3 Å². The quantitative estimate of drug-likeness (QED) is 0.744. The van der Waals surface area contributed by atoms with E-state index in [9.17, 15) is 14.4 Å². The van der Waals surface area contributed by atoms with Crippen molar-refractivity contribution < 1.29 is 19.1 Å². The van der Waals surface area contributed by atoms with Crippen LogP contribution >= 0.6 is 11.3 Å². The van der Waals surface area contributed by atoms with E-state index in [1.54, 1.807) is 6.07 Å². The third-order valence-corrected chi connectivity index (χ3v) is 3.90. The molecular formula is C15H22N2O4S. The molecule has 0 saturated carbocycles. The molecule has 6 nitrogen and oxygen atoms in total. The SMILES string of the molecule is COC(=O)C(CC(C)C)NC(=O)CNC(=O)c1ccc(C)s1. The van der Waals surface area contributed by atoms with Crippen LogP contribution in [0.25, 0.3) is 0 Å². The second kappa shape index (κ2) is 8.53. The van der Waals surface area contributed by atoms with Gasteiger partial charge in [0.2, 0.25) is 5.91 Å². The van der Waals surface area contributed by atoms with Gasteiger partial charge in [0.15, 0.2) is 0 Å². The minimum absolute atomic E-state index is 0.179. The highest BCUT2D eigenvalue weighted by Crippen LogP contribution is 2.14. The van der Waals surface area contributed by atoms with Crippen molar-refractivity contribution in [2.45, 2.75) is 33.2 Å². The first-order chi connectivity index (χ1) is 10.3. The van der Waals surface area contributed by atoms with Gasteiger partial charge in [-0.05, 0) is 31.4 Å². The molecule has 0 aromatic carbocycles. The summed E-state index contributed by atoms with van der Waals surface area (Å²) in [6.07, 6.45) is 0.483. The molecule has 0 saturated heterocycles. The number of ether oxygens (including phenoxy) is 1. The standard InChI is InChI=1S/C15H22N2O4S/c1-9(2)7-11(15(20)21-4)17-13(18)8-16-14(19)12-6-5-10(3)22-12/h5-6,9,11H,7-8H2,1-4H3,(H,16,19)(H,17,18). The summed E-state index contributed by atoms with van der Waals surface area (Å²) in [5, 5.41) is 5.12. The zero-order chi connectivity index (χ0) is 16.7. The van der Waals surface area contributed by atoms with E-state index in [4.69, 9.17) is 0 Å². The number of thiophene rings is 1. The van der Waals surface area contributed by atoms with Crippen LogP contribution in [0.3, 0.4) is 0 Å². The molecule has 0 radical (unpaired) electrons. The second-order valence-corrected chi connectivity index (χ2v) is 6.65. The number of carbonyl (C=O) groups excluding carboxylic acids is 3. The number of rotatable bonds is 7. The van der Waals surface area contributed by atoms with Gasteiger partial charge in [-0.3, -0.25) is 9.59 Å². The maximum absolute atomic E-state index is 11.9. The third kappa shape index (κ3) is 5.85. The van der Waals surface area contributed by atoms with E-state index >= 15 is 0 Å². The Bertz CT molecular complexity index is 539. The van der Waals surface area contributed by atoms with Crippen molar-refractivity contribution in [1.29, 1.82) is 0 Å². The number of amides is 2. The van der Waals surface area contributed by atoms with Gasteiger partial charge < -0.3 is 15.4 Å². The van der Waals surface area contributed by atoms with E-state index in [0.29, 0.717) is 11.3 Å². The van der Waals surface area contributed by atoms with Crippen LogP contribution in [-0.2, 0) is 14.3 Å². The lowest BCUT2D eigenvalue weighted by molar-refractivity contribution is -0.145. The van der Waals surface area contributed by atoms with Crippen LogP contribution in [-0.4, -0.2) is 37.5 Å². The van der Waals surface area contributed by atoms with Crippen molar-refractivity contribution in [3.8, 4) is 0 Å². The molecule has 1 unspecified atom stereocenters. The number of aryl methyl sites for hydroxylation is 1. The molecule has 1 atom stereocenters.